The second-order valence-electron chi connectivity index (χ2n) is 5.93. The van der Waals surface area contributed by atoms with Crippen LogP contribution in [-0.2, 0) is 9.53 Å². The Kier molecular flexibility index (Phi) is 7.14. The van der Waals surface area contributed by atoms with Crippen molar-refractivity contribution in [3.05, 3.63) is 24.3 Å². The predicted octanol–water partition coefficient (Wildman–Crippen LogP) is 0.972. The molecule has 0 spiro atoms. The highest BCUT2D eigenvalue weighted by atomic mass is 19.3. The molecule has 9 heteroatoms. The summed E-state index contributed by atoms with van der Waals surface area (Å²) in [6, 6.07) is 5.66. The minimum Gasteiger partial charge on any atom is -0.450 e. The van der Waals surface area contributed by atoms with E-state index in [-0.39, 0.29) is 23.4 Å². The van der Waals surface area contributed by atoms with Gasteiger partial charge < -0.3 is 19.7 Å². The number of benzene rings is 1. The lowest BCUT2D eigenvalue weighted by molar-refractivity contribution is -0.917. The van der Waals surface area contributed by atoms with E-state index < -0.39 is 12.7 Å². The molecule has 1 aliphatic rings. The average Bonchev–Trinajstić information content (AvgIpc) is 2.62. The van der Waals surface area contributed by atoms with E-state index in [1.54, 1.807) is 30.9 Å². The minimum absolute atomic E-state index is 0.0785. The summed E-state index contributed by atoms with van der Waals surface area (Å²) in [6.07, 6.45) is -0.346. The zero-order chi connectivity index (χ0) is 19.1. The molecule has 1 heterocycles. The van der Waals surface area contributed by atoms with E-state index in [1.165, 1.54) is 12.1 Å². The molecule has 144 valence electrons. The van der Waals surface area contributed by atoms with Crippen molar-refractivity contribution in [3.63, 3.8) is 0 Å². The lowest BCUT2D eigenvalue weighted by Gasteiger charge is -2.34. The summed E-state index contributed by atoms with van der Waals surface area (Å²) >= 11 is 0. The Morgan fingerprint density at radius 3 is 2.54 bits per heavy atom. The molecule has 1 saturated heterocycles. The number of carbonyl (C=O) groups excluding carboxylic acids is 2. The molecular formula is C17H24F2N3O4+. The molecule has 0 radical (unpaired) electrons. The van der Waals surface area contributed by atoms with Crippen LogP contribution in [0.3, 0.4) is 0 Å². The lowest BCUT2D eigenvalue weighted by atomic mass is 10.2. The number of nitrogens with zero attached hydrogens (tertiary/aromatic N) is 1. The monoisotopic (exact) mass is 372 g/mol. The van der Waals surface area contributed by atoms with Crippen LogP contribution < -0.4 is 15.0 Å². The highest BCUT2D eigenvalue weighted by Gasteiger charge is 2.31. The number of hydrogen-bond acceptors (Lipinski definition) is 4. The van der Waals surface area contributed by atoms with Crippen LogP contribution >= 0.6 is 0 Å². The molecule has 1 aliphatic heterocycles. The van der Waals surface area contributed by atoms with Crippen LogP contribution in [-0.4, -0.2) is 62.3 Å². The number of hydrogen-bond donors (Lipinski definition) is 2. The Morgan fingerprint density at radius 2 is 1.92 bits per heavy atom. The second-order valence-corrected chi connectivity index (χ2v) is 5.93. The molecule has 0 aliphatic carbocycles. The zero-order valence-corrected chi connectivity index (χ0v) is 14.8. The number of piperazine rings is 1. The molecule has 1 atom stereocenters. The van der Waals surface area contributed by atoms with Crippen molar-refractivity contribution in [2.45, 2.75) is 26.5 Å². The maximum atomic E-state index is 12.5. The van der Waals surface area contributed by atoms with Crippen molar-refractivity contribution >= 4 is 17.7 Å². The van der Waals surface area contributed by atoms with E-state index in [2.05, 4.69) is 10.1 Å². The fourth-order valence-electron chi connectivity index (χ4n) is 2.82. The number of carbonyl (C=O) groups is 2. The zero-order valence-electron chi connectivity index (χ0n) is 14.8. The van der Waals surface area contributed by atoms with Crippen LogP contribution in [0.4, 0.5) is 19.3 Å². The predicted molar refractivity (Wildman–Crippen MR) is 90.5 cm³/mol. The minimum atomic E-state index is -2.97. The smallest absolute Gasteiger partial charge is 0.410 e. The van der Waals surface area contributed by atoms with Gasteiger partial charge in [-0.25, -0.2) is 4.79 Å². The van der Waals surface area contributed by atoms with Gasteiger partial charge in [0.15, 0.2) is 6.04 Å². The first kappa shape index (κ1) is 19.9. The topological polar surface area (TPSA) is 72.3 Å². The Hall–Kier alpha value is -2.42. The molecule has 26 heavy (non-hydrogen) atoms. The molecule has 7 nitrogen and oxygen atoms in total. The first-order chi connectivity index (χ1) is 12.4. The third-order valence-electron chi connectivity index (χ3n) is 4.30. The molecule has 0 aromatic heterocycles. The van der Waals surface area contributed by atoms with Gasteiger partial charge in [-0.3, -0.25) is 9.69 Å². The maximum Gasteiger partial charge on any atom is 0.410 e. The number of quaternary nitrogens is 1. The van der Waals surface area contributed by atoms with Crippen molar-refractivity contribution in [3.8, 4) is 5.75 Å². The summed E-state index contributed by atoms with van der Waals surface area (Å²) < 4.78 is 34.3. The third kappa shape index (κ3) is 5.29. The van der Waals surface area contributed by atoms with E-state index in [1.807, 2.05) is 0 Å². The van der Waals surface area contributed by atoms with Crippen molar-refractivity contribution in [1.29, 1.82) is 0 Å². The number of rotatable bonds is 6. The molecule has 2 rings (SSSR count). The van der Waals surface area contributed by atoms with Gasteiger partial charge in [-0.1, -0.05) is 12.1 Å². The summed E-state index contributed by atoms with van der Waals surface area (Å²) in [4.78, 5) is 26.8. The normalized spacial score (nSPS) is 16.3. The van der Waals surface area contributed by atoms with E-state index >= 15 is 0 Å². The van der Waals surface area contributed by atoms with Gasteiger partial charge in [0.2, 0.25) is 0 Å². The van der Waals surface area contributed by atoms with E-state index in [4.69, 9.17) is 4.74 Å². The van der Waals surface area contributed by atoms with Gasteiger partial charge in [0.1, 0.15) is 5.75 Å². The standard InChI is InChI=1S/C17H23F2N3O4/c1-3-25-17(24)22-10-8-21(9-11-22)12(2)15(23)20-13-6-4-5-7-14(13)26-16(18)19/h4-7,12,16H,3,8-11H2,1-2H3,(H,20,23)/p+1/t12-/m0/s1. The van der Waals surface area contributed by atoms with Gasteiger partial charge in [-0.05, 0) is 26.0 Å². The highest BCUT2D eigenvalue weighted by Crippen LogP contribution is 2.25. The Balaban J connectivity index is 1.92. The molecule has 0 saturated carbocycles. The SMILES string of the molecule is CCOC(=O)N1CC[NH+]([C@@H](C)C(=O)Nc2ccccc2OC(F)F)CC1. The number of nitrogens with one attached hydrogen (secondary N) is 2. The summed E-state index contributed by atoms with van der Waals surface area (Å²) in [5.41, 5.74) is 0.203. The molecule has 2 N–H and O–H groups in total. The Morgan fingerprint density at radius 1 is 1.27 bits per heavy atom. The summed E-state index contributed by atoms with van der Waals surface area (Å²) in [6.45, 7) is 3.07. The summed E-state index contributed by atoms with van der Waals surface area (Å²) in [5, 5.41) is 2.64. The number of halogens is 2. The van der Waals surface area contributed by atoms with Crippen LogP contribution in [0.1, 0.15) is 13.8 Å². The number of para-hydroxylation sites is 2. The van der Waals surface area contributed by atoms with Gasteiger partial charge in [-0.15, -0.1) is 0 Å². The van der Waals surface area contributed by atoms with Crippen LogP contribution in [0.15, 0.2) is 24.3 Å². The van der Waals surface area contributed by atoms with Crippen molar-refractivity contribution in [2.24, 2.45) is 0 Å². The molecule has 1 aromatic rings. The van der Waals surface area contributed by atoms with Gasteiger partial charge in [0.25, 0.3) is 5.91 Å². The maximum absolute atomic E-state index is 12.5. The summed E-state index contributed by atoms with van der Waals surface area (Å²) in [7, 11) is 0. The molecular weight excluding hydrogens is 348 g/mol. The Labute approximate surface area is 150 Å². The number of ether oxygens (including phenoxy) is 2. The van der Waals surface area contributed by atoms with Crippen LogP contribution in [0.5, 0.6) is 5.75 Å². The van der Waals surface area contributed by atoms with Crippen molar-refractivity contribution < 1.29 is 32.7 Å². The van der Waals surface area contributed by atoms with Gasteiger partial charge in [-0.2, -0.15) is 8.78 Å². The van der Waals surface area contributed by atoms with Crippen molar-refractivity contribution in [1.82, 2.24) is 4.90 Å². The third-order valence-corrected chi connectivity index (χ3v) is 4.30. The molecule has 1 aromatic carbocycles. The first-order valence-corrected chi connectivity index (χ1v) is 8.53. The summed E-state index contributed by atoms with van der Waals surface area (Å²) in [5.74, 6) is -0.375. The van der Waals surface area contributed by atoms with Gasteiger partial charge in [0, 0.05) is 0 Å². The number of amides is 2. The van der Waals surface area contributed by atoms with E-state index in [9.17, 15) is 18.4 Å². The van der Waals surface area contributed by atoms with Crippen LogP contribution in [0.25, 0.3) is 0 Å². The average molecular weight is 372 g/mol. The fraction of sp³-hybridized carbons (Fsp3) is 0.529. The molecule has 0 unspecified atom stereocenters. The lowest BCUT2D eigenvalue weighted by Crippen LogP contribution is -3.19. The first-order valence-electron chi connectivity index (χ1n) is 8.53. The molecule has 0 bridgehead atoms. The van der Waals surface area contributed by atoms with Gasteiger partial charge >= 0.3 is 12.7 Å². The van der Waals surface area contributed by atoms with E-state index in [0.717, 1.165) is 4.90 Å². The molecule has 1 fully saturated rings. The second kappa shape index (κ2) is 9.33. The largest absolute Gasteiger partial charge is 0.450 e. The molecule has 2 amide bonds. The van der Waals surface area contributed by atoms with Crippen LogP contribution in [0, 0.1) is 0 Å². The number of alkyl halides is 2. The Bertz CT molecular complexity index is 622. The van der Waals surface area contributed by atoms with Crippen LogP contribution in [0.2, 0.25) is 0 Å². The quantitative estimate of drug-likeness (QED) is 0.781. The highest BCUT2D eigenvalue weighted by molar-refractivity contribution is 5.94. The van der Waals surface area contributed by atoms with Crippen molar-refractivity contribution in [2.75, 3.05) is 38.1 Å². The van der Waals surface area contributed by atoms with E-state index in [0.29, 0.717) is 32.8 Å². The number of anilines is 1. The van der Waals surface area contributed by atoms with Gasteiger partial charge in [0.05, 0.1) is 38.5 Å². The fourth-order valence-corrected chi connectivity index (χ4v) is 2.82.